The van der Waals surface area contributed by atoms with Gasteiger partial charge in [0.1, 0.15) is 0 Å². The number of nitrogens with zero attached hydrogens (tertiary/aromatic N) is 3. The summed E-state index contributed by atoms with van der Waals surface area (Å²) >= 11 is 0. The summed E-state index contributed by atoms with van der Waals surface area (Å²) in [5.41, 5.74) is 1.72. The van der Waals surface area contributed by atoms with E-state index in [0.29, 0.717) is 18.0 Å². The average Bonchev–Trinajstić information content (AvgIpc) is 2.94. The summed E-state index contributed by atoms with van der Waals surface area (Å²) in [5.74, 6) is 0.502. The molecule has 22 heavy (non-hydrogen) atoms. The molecule has 0 aromatic heterocycles. The van der Waals surface area contributed by atoms with Gasteiger partial charge in [-0.05, 0) is 30.5 Å². The van der Waals surface area contributed by atoms with Gasteiger partial charge < -0.3 is 15.1 Å². The standard InChI is InChI=1S/C17H24N4O/c1-13(2)10-20(3)16-6-4-5-14(9-16)17(22)19-15-7-8-21(11-15)12-18/h4-6,9,13,15H,7-8,10-11H2,1-3H3,(H,19,22). The Morgan fingerprint density at radius 2 is 2.32 bits per heavy atom. The van der Waals surface area contributed by atoms with Crippen molar-refractivity contribution < 1.29 is 4.79 Å². The molecular weight excluding hydrogens is 276 g/mol. The number of likely N-dealkylation sites (tertiary alicyclic amines) is 1. The van der Waals surface area contributed by atoms with Gasteiger partial charge in [0.2, 0.25) is 0 Å². The van der Waals surface area contributed by atoms with Crippen molar-refractivity contribution in [2.75, 3.05) is 31.6 Å². The Balaban J connectivity index is 2.00. The molecule has 0 saturated carbocycles. The molecule has 1 aromatic carbocycles. The van der Waals surface area contributed by atoms with Crippen LogP contribution in [0.15, 0.2) is 24.3 Å². The molecule has 1 saturated heterocycles. The molecule has 1 heterocycles. The van der Waals surface area contributed by atoms with E-state index in [1.54, 1.807) is 4.90 Å². The highest BCUT2D eigenvalue weighted by molar-refractivity contribution is 5.95. The zero-order valence-corrected chi connectivity index (χ0v) is 13.5. The third-order valence-electron chi connectivity index (χ3n) is 3.85. The lowest BCUT2D eigenvalue weighted by Crippen LogP contribution is -2.36. The Morgan fingerprint density at radius 3 is 2.95 bits per heavy atom. The lowest BCUT2D eigenvalue weighted by atomic mass is 10.1. The molecule has 5 heteroatoms. The van der Waals surface area contributed by atoms with Crippen molar-refractivity contribution in [3.63, 3.8) is 0 Å². The van der Waals surface area contributed by atoms with Crippen LogP contribution in [0.4, 0.5) is 5.69 Å². The molecule has 118 valence electrons. The van der Waals surface area contributed by atoms with Crippen LogP contribution in [0.3, 0.4) is 0 Å². The summed E-state index contributed by atoms with van der Waals surface area (Å²) in [7, 11) is 2.04. The minimum absolute atomic E-state index is 0.0594. The van der Waals surface area contributed by atoms with Crippen molar-refractivity contribution in [2.45, 2.75) is 26.3 Å². The van der Waals surface area contributed by atoms with Crippen LogP contribution in [-0.4, -0.2) is 43.5 Å². The Hall–Kier alpha value is -2.22. The summed E-state index contributed by atoms with van der Waals surface area (Å²) in [5, 5.41) is 11.9. The van der Waals surface area contributed by atoms with Gasteiger partial charge in [-0.15, -0.1) is 0 Å². The predicted octanol–water partition coefficient (Wildman–Crippen LogP) is 2.06. The molecule has 1 N–H and O–H groups in total. The van der Waals surface area contributed by atoms with Gasteiger partial charge in [-0.25, -0.2) is 0 Å². The van der Waals surface area contributed by atoms with Crippen LogP contribution in [0.1, 0.15) is 30.6 Å². The van der Waals surface area contributed by atoms with E-state index in [9.17, 15) is 4.79 Å². The summed E-state index contributed by atoms with van der Waals surface area (Å²) < 4.78 is 0. The van der Waals surface area contributed by atoms with E-state index in [2.05, 4.69) is 30.3 Å². The molecule has 1 amide bonds. The van der Waals surface area contributed by atoms with Gasteiger partial charge in [0.15, 0.2) is 6.19 Å². The number of rotatable bonds is 5. The SMILES string of the molecule is CC(C)CN(C)c1cccc(C(=O)NC2CCN(C#N)C2)c1. The van der Waals surface area contributed by atoms with E-state index >= 15 is 0 Å². The first-order valence-corrected chi connectivity index (χ1v) is 7.76. The molecule has 1 unspecified atom stereocenters. The van der Waals surface area contributed by atoms with E-state index in [4.69, 9.17) is 5.26 Å². The molecule has 0 bridgehead atoms. The molecule has 1 aliphatic heterocycles. The van der Waals surface area contributed by atoms with Crippen LogP contribution in [-0.2, 0) is 0 Å². The fourth-order valence-electron chi connectivity index (χ4n) is 2.78. The summed E-state index contributed by atoms with van der Waals surface area (Å²) in [6.07, 6.45) is 2.95. The van der Waals surface area contributed by atoms with Gasteiger partial charge in [0, 0.05) is 44.0 Å². The van der Waals surface area contributed by atoms with Crippen LogP contribution in [0.2, 0.25) is 0 Å². The fraction of sp³-hybridized carbons (Fsp3) is 0.529. The molecule has 1 aromatic rings. The molecule has 0 radical (unpaired) electrons. The normalized spacial score (nSPS) is 17.4. The second kappa shape index (κ2) is 7.17. The number of hydrogen-bond acceptors (Lipinski definition) is 4. The number of anilines is 1. The first-order chi connectivity index (χ1) is 10.5. The smallest absolute Gasteiger partial charge is 0.251 e. The van der Waals surface area contributed by atoms with Crippen molar-refractivity contribution in [3.8, 4) is 6.19 Å². The number of hydrogen-bond donors (Lipinski definition) is 1. The predicted molar refractivity (Wildman–Crippen MR) is 87.6 cm³/mol. The van der Waals surface area contributed by atoms with Crippen LogP contribution in [0, 0.1) is 17.4 Å². The zero-order chi connectivity index (χ0) is 16.1. The van der Waals surface area contributed by atoms with E-state index in [1.165, 1.54) is 0 Å². The largest absolute Gasteiger partial charge is 0.374 e. The average molecular weight is 300 g/mol. The highest BCUT2D eigenvalue weighted by Gasteiger charge is 2.23. The monoisotopic (exact) mass is 300 g/mol. The van der Waals surface area contributed by atoms with Crippen LogP contribution >= 0.6 is 0 Å². The van der Waals surface area contributed by atoms with Crippen molar-refractivity contribution >= 4 is 11.6 Å². The van der Waals surface area contributed by atoms with E-state index < -0.39 is 0 Å². The third kappa shape index (κ3) is 4.14. The van der Waals surface area contributed by atoms with Crippen LogP contribution < -0.4 is 10.2 Å². The highest BCUT2D eigenvalue weighted by atomic mass is 16.1. The highest BCUT2D eigenvalue weighted by Crippen LogP contribution is 2.17. The number of nitriles is 1. The van der Waals surface area contributed by atoms with Gasteiger partial charge >= 0.3 is 0 Å². The van der Waals surface area contributed by atoms with Gasteiger partial charge in [-0.2, -0.15) is 5.26 Å². The molecule has 2 rings (SSSR count). The van der Waals surface area contributed by atoms with Crippen molar-refractivity contribution in [1.29, 1.82) is 5.26 Å². The molecule has 5 nitrogen and oxygen atoms in total. The summed E-state index contributed by atoms with van der Waals surface area (Å²) in [6, 6.07) is 7.75. The van der Waals surface area contributed by atoms with Gasteiger partial charge in [0.25, 0.3) is 5.91 Å². The first kappa shape index (κ1) is 16.2. The van der Waals surface area contributed by atoms with Gasteiger partial charge in [-0.3, -0.25) is 4.79 Å². The number of amides is 1. The number of benzene rings is 1. The first-order valence-electron chi connectivity index (χ1n) is 7.76. The lowest BCUT2D eigenvalue weighted by molar-refractivity contribution is 0.0939. The van der Waals surface area contributed by atoms with Crippen LogP contribution in [0.25, 0.3) is 0 Å². The Bertz CT molecular complexity index is 564. The Kier molecular flexibility index (Phi) is 5.26. The minimum Gasteiger partial charge on any atom is -0.374 e. The quantitative estimate of drug-likeness (QED) is 0.846. The maximum atomic E-state index is 12.4. The van der Waals surface area contributed by atoms with Crippen LogP contribution in [0.5, 0.6) is 0 Å². The van der Waals surface area contributed by atoms with Gasteiger partial charge in [0.05, 0.1) is 0 Å². The van der Waals surface area contributed by atoms with E-state index in [0.717, 1.165) is 25.2 Å². The second-order valence-electron chi connectivity index (χ2n) is 6.33. The maximum Gasteiger partial charge on any atom is 0.251 e. The Morgan fingerprint density at radius 1 is 1.55 bits per heavy atom. The molecule has 0 aliphatic carbocycles. The van der Waals surface area contributed by atoms with Gasteiger partial charge in [-0.1, -0.05) is 19.9 Å². The van der Waals surface area contributed by atoms with Crippen molar-refractivity contribution in [3.05, 3.63) is 29.8 Å². The lowest BCUT2D eigenvalue weighted by Gasteiger charge is -2.22. The van der Waals surface area contributed by atoms with E-state index in [1.807, 2.05) is 31.3 Å². The van der Waals surface area contributed by atoms with E-state index in [-0.39, 0.29) is 11.9 Å². The molecule has 0 spiro atoms. The molecule has 1 fully saturated rings. The van der Waals surface area contributed by atoms with Crippen molar-refractivity contribution in [2.24, 2.45) is 5.92 Å². The maximum absolute atomic E-state index is 12.4. The summed E-state index contributed by atoms with van der Waals surface area (Å²) in [4.78, 5) is 16.2. The molecule has 1 aliphatic rings. The zero-order valence-electron chi connectivity index (χ0n) is 13.5. The molecule has 1 atom stereocenters. The number of carbonyl (C=O) groups excluding carboxylic acids is 1. The summed E-state index contributed by atoms with van der Waals surface area (Å²) in [6.45, 7) is 6.63. The topological polar surface area (TPSA) is 59.4 Å². The minimum atomic E-state index is -0.0652. The molecular formula is C17H24N4O. The number of nitrogens with one attached hydrogen (secondary N) is 1. The third-order valence-corrected chi connectivity index (χ3v) is 3.85. The Labute approximate surface area is 132 Å². The fourth-order valence-corrected chi connectivity index (χ4v) is 2.78. The van der Waals surface area contributed by atoms with Crippen molar-refractivity contribution in [1.82, 2.24) is 10.2 Å². The second-order valence-corrected chi connectivity index (χ2v) is 6.33. The number of carbonyl (C=O) groups is 1.